The predicted molar refractivity (Wildman–Crippen MR) is 82.5 cm³/mol. The Morgan fingerprint density at radius 2 is 1.95 bits per heavy atom. The van der Waals surface area contributed by atoms with Crippen LogP contribution >= 0.6 is 0 Å². The molecule has 5 heteroatoms. The van der Waals surface area contributed by atoms with Crippen LogP contribution in [0.1, 0.15) is 45.1 Å². The number of aromatic nitrogens is 1. The highest BCUT2D eigenvalue weighted by atomic mass is 16.2. The quantitative estimate of drug-likeness (QED) is 0.709. The molecule has 0 unspecified atom stereocenters. The van der Waals surface area contributed by atoms with Gasteiger partial charge in [0.2, 0.25) is 11.8 Å². The molecule has 0 aliphatic carbocycles. The number of unbranched alkanes of at least 4 members (excludes halogenated alkanes) is 2. The molecule has 1 aromatic heterocycles. The summed E-state index contributed by atoms with van der Waals surface area (Å²) in [5.74, 6) is -0.0160. The summed E-state index contributed by atoms with van der Waals surface area (Å²) in [6.07, 6.45) is 7.02. The lowest BCUT2D eigenvalue weighted by Crippen LogP contribution is -2.33. The summed E-state index contributed by atoms with van der Waals surface area (Å²) >= 11 is 0. The fraction of sp³-hybridized carbons (Fsp3) is 0.562. The van der Waals surface area contributed by atoms with Gasteiger partial charge in [0.15, 0.2) is 0 Å². The van der Waals surface area contributed by atoms with Crippen LogP contribution in [0, 0.1) is 0 Å². The van der Waals surface area contributed by atoms with Gasteiger partial charge in [0.05, 0.1) is 0 Å². The summed E-state index contributed by atoms with van der Waals surface area (Å²) in [7, 11) is 0. The van der Waals surface area contributed by atoms with Crippen molar-refractivity contribution < 1.29 is 9.59 Å². The molecule has 0 saturated carbocycles. The third kappa shape index (κ3) is 7.44. The van der Waals surface area contributed by atoms with Crippen LogP contribution in [0.5, 0.6) is 0 Å². The van der Waals surface area contributed by atoms with Crippen molar-refractivity contribution in [3.8, 4) is 0 Å². The number of rotatable bonds is 9. The number of pyridine rings is 1. The van der Waals surface area contributed by atoms with Crippen molar-refractivity contribution in [3.63, 3.8) is 0 Å². The van der Waals surface area contributed by atoms with Gasteiger partial charge in [-0.2, -0.15) is 0 Å². The number of amides is 2. The normalized spacial score (nSPS) is 10.2. The van der Waals surface area contributed by atoms with Gasteiger partial charge >= 0.3 is 0 Å². The van der Waals surface area contributed by atoms with Crippen LogP contribution in [-0.4, -0.2) is 34.8 Å². The van der Waals surface area contributed by atoms with Crippen LogP contribution in [0.4, 0.5) is 0 Å². The molecule has 0 spiro atoms. The fourth-order valence-electron chi connectivity index (χ4n) is 1.98. The number of carbonyl (C=O) groups is 2. The number of nitrogens with one attached hydrogen (secondary N) is 1. The molecule has 116 valence electrons. The SMILES string of the molecule is CCCCCNC(=O)CCN(Cc1ccncc1)C(C)=O. The van der Waals surface area contributed by atoms with Crippen LogP contribution in [0.3, 0.4) is 0 Å². The third-order valence-corrected chi connectivity index (χ3v) is 3.28. The van der Waals surface area contributed by atoms with E-state index in [0.29, 0.717) is 19.5 Å². The van der Waals surface area contributed by atoms with Crippen molar-refractivity contribution in [3.05, 3.63) is 30.1 Å². The molecule has 1 heterocycles. The molecule has 0 saturated heterocycles. The molecule has 1 N–H and O–H groups in total. The summed E-state index contributed by atoms with van der Waals surface area (Å²) in [4.78, 5) is 29.0. The summed E-state index contributed by atoms with van der Waals surface area (Å²) in [5, 5.41) is 2.89. The lowest BCUT2D eigenvalue weighted by Gasteiger charge is -2.20. The van der Waals surface area contributed by atoms with Gasteiger partial charge in [-0.1, -0.05) is 19.8 Å². The molecule has 1 rings (SSSR count). The van der Waals surface area contributed by atoms with E-state index in [-0.39, 0.29) is 11.8 Å². The predicted octanol–water partition coefficient (Wildman–Crippen LogP) is 2.13. The second kappa shape index (κ2) is 9.91. The molecule has 0 atom stereocenters. The highest BCUT2D eigenvalue weighted by molar-refractivity contribution is 5.77. The minimum Gasteiger partial charge on any atom is -0.356 e. The van der Waals surface area contributed by atoms with E-state index in [0.717, 1.165) is 31.4 Å². The fourth-order valence-corrected chi connectivity index (χ4v) is 1.98. The van der Waals surface area contributed by atoms with E-state index in [1.807, 2.05) is 12.1 Å². The van der Waals surface area contributed by atoms with Crippen LogP contribution in [0.2, 0.25) is 0 Å². The Morgan fingerprint density at radius 1 is 1.24 bits per heavy atom. The third-order valence-electron chi connectivity index (χ3n) is 3.28. The molecule has 0 aromatic carbocycles. The van der Waals surface area contributed by atoms with E-state index in [4.69, 9.17) is 0 Å². The zero-order valence-electron chi connectivity index (χ0n) is 13.0. The van der Waals surface area contributed by atoms with Crippen LogP contribution in [0.15, 0.2) is 24.5 Å². The Hall–Kier alpha value is -1.91. The van der Waals surface area contributed by atoms with Gasteiger partial charge in [0.25, 0.3) is 0 Å². The molecule has 0 aliphatic rings. The largest absolute Gasteiger partial charge is 0.356 e. The van der Waals surface area contributed by atoms with Crippen molar-refractivity contribution in [2.75, 3.05) is 13.1 Å². The molecule has 21 heavy (non-hydrogen) atoms. The minimum absolute atomic E-state index is 0.00656. The zero-order chi connectivity index (χ0) is 15.5. The maximum absolute atomic E-state index is 11.7. The van der Waals surface area contributed by atoms with Gasteiger partial charge in [-0.05, 0) is 24.1 Å². The summed E-state index contributed by atoms with van der Waals surface area (Å²) in [5.41, 5.74) is 1.02. The maximum Gasteiger partial charge on any atom is 0.221 e. The number of hydrogen-bond donors (Lipinski definition) is 1. The zero-order valence-corrected chi connectivity index (χ0v) is 13.0. The van der Waals surface area contributed by atoms with Crippen molar-refractivity contribution >= 4 is 11.8 Å². The van der Waals surface area contributed by atoms with Crippen LogP contribution in [0.25, 0.3) is 0 Å². The second-order valence-corrected chi connectivity index (χ2v) is 5.10. The standard InChI is InChI=1S/C16H25N3O2/c1-3-4-5-9-18-16(21)8-12-19(14(2)20)13-15-6-10-17-11-7-15/h6-7,10-11H,3-5,8-9,12-13H2,1-2H3,(H,18,21). The average molecular weight is 291 g/mol. The van der Waals surface area contributed by atoms with Crippen molar-refractivity contribution in [2.24, 2.45) is 0 Å². The highest BCUT2D eigenvalue weighted by Crippen LogP contribution is 2.04. The van der Waals surface area contributed by atoms with Gasteiger partial charge in [-0.3, -0.25) is 14.6 Å². The molecule has 1 aromatic rings. The molecule has 0 bridgehead atoms. The maximum atomic E-state index is 11.7. The Labute approximate surface area is 126 Å². The van der Waals surface area contributed by atoms with Gasteiger partial charge in [-0.25, -0.2) is 0 Å². The molecule has 0 aliphatic heterocycles. The summed E-state index contributed by atoms with van der Waals surface area (Å²) in [6, 6.07) is 3.75. The molecular formula is C16H25N3O2. The van der Waals surface area contributed by atoms with E-state index >= 15 is 0 Å². The second-order valence-electron chi connectivity index (χ2n) is 5.10. The van der Waals surface area contributed by atoms with Crippen molar-refractivity contribution in [2.45, 2.75) is 46.1 Å². The summed E-state index contributed by atoms with van der Waals surface area (Å²) < 4.78 is 0. The van der Waals surface area contributed by atoms with E-state index in [1.54, 1.807) is 17.3 Å². The highest BCUT2D eigenvalue weighted by Gasteiger charge is 2.11. The Morgan fingerprint density at radius 3 is 2.57 bits per heavy atom. The molecule has 5 nitrogen and oxygen atoms in total. The van der Waals surface area contributed by atoms with Crippen molar-refractivity contribution in [1.29, 1.82) is 0 Å². The molecular weight excluding hydrogens is 266 g/mol. The van der Waals surface area contributed by atoms with Crippen LogP contribution in [-0.2, 0) is 16.1 Å². The minimum atomic E-state index is -0.0226. The monoisotopic (exact) mass is 291 g/mol. The number of hydrogen-bond acceptors (Lipinski definition) is 3. The Bertz CT molecular complexity index is 434. The number of nitrogens with zero attached hydrogens (tertiary/aromatic N) is 2. The average Bonchev–Trinajstić information content (AvgIpc) is 2.48. The first kappa shape index (κ1) is 17.1. The van der Waals surface area contributed by atoms with E-state index in [1.165, 1.54) is 6.92 Å². The topological polar surface area (TPSA) is 62.3 Å². The Balaban J connectivity index is 2.34. The first-order valence-corrected chi connectivity index (χ1v) is 7.54. The van der Waals surface area contributed by atoms with Crippen molar-refractivity contribution in [1.82, 2.24) is 15.2 Å². The molecule has 0 radical (unpaired) electrons. The number of carbonyl (C=O) groups excluding carboxylic acids is 2. The molecule has 0 fully saturated rings. The van der Waals surface area contributed by atoms with E-state index in [2.05, 4.69) is 17.2 Å². The van der Waals surface area contributed by atoms with Gasteiger partial charge in [-0.15, -0.1) is 0 Å². The van der Waals surface area contributed by atoms with Gasteiger partial charge in [0, 0.05) is 45.4 Å². The Kier molecular flexibility index (Phi) is 8.09. The smallest absolute Gasteiger partial charge is 0.221 e. The van der Waals surface area contributed by atoms with E-state index in [9.17, 15) is 9.59 Å². The van der Waals surface area contributed by atoms with Crippen LogP contribution < -0.4 is 5.32 Å². The van der Waals surface area contributed by atoms with Gasteiger partial charge in [0.1, 0.15) is 0 Å². The lowest BCUT2D eigenvalue weighted by atomic mass is 10.2. The first-order valence-electron chi connectivity index (χ1n) is 7.54. The first-order chi connectivity index (χ1) is 10.1. The van der Waals surface area contributed by atoms with E-state index < -0.39 is 0 Å². The molecule has 2 amide bonds. The lowest BCUT2D eigenvalue weighted by molar-refractivity contribution is -0.130. The van der Waals surface area contributed by atoms with Gasteiger partial charge < -0.3 is 10.2 Å². The summed E-state index contributed by atoms with van der Waals surface area (Å²) in [6.45, 7) is 5.33.